The molecule has 5 nitrogen and oxygen atoms in total. The molecule has 1 atom stereocenters. The molecule has 0 fully saturated rings. The number of rotatable bonds is 5. The minimum atomic E-state index is -0.375. The van der Waals surface area contributed by atoms with Gasteiger partial charge in [-0.15, -0.1) is 11.3 Å². The van der Waals surface area contributed by atoms with E-state index in [-0.39, 0.29) is 12.0 Å². The van der Waals surface area contributed by atoms with Crippen molar-refractivity contribution < 1.29 is 9.53 Å². The van der Waals surface area contributed by atoms with E-state index in [4.69, 9.17) is 16.3 Å². The molecule has 0 amide bonds. The second kappa shape index (κ2) is 6.16. The van der Waals surface area contributed by atoms with E-state index < -0.39 is 0 Å². The Morgan fingerprint density at radius 3 is 3.05 bits per heavy atom. The molecule has 0 aliphatic rings. The molecule has 2 aromatic heterocycles. The SMILES string of the molecule is CCOC(=O)c1csc(CC(C)n2cc(Cl)cn2)n1. The molecule has 0 spiro atoms. The quantitative estimate of drug-likeness (QED) is 0.797. The van der Waals surface area contributed by atoms with E-state index >= 15 is 0 Å². The Morgan fingerprint density at radius 2 is 2.42 bits per heavy atom. The van der Waals surface area contributed by atoms with Crippen molar-refractivity contribution in [3.8, 4) is 0 Å². The number of thiazole rings is 1. The smallest absolute Gasteiger partial charge is 0.357 e. The summed E-state index contributed by atoms with van der Waals surface area (Å²) >= 11 is 7.28. The Balaban J connectivity index is 2.01. The first-order chi connectivity index (χ1) is 9.10. The lowest BCUT2D eigenvalue weighted by Gasteiger charge is -2.09. The maximum absolute atomic E-state index is 11.5. The summed E-state index contributed by atoms with van der Waals surface area (Å²) in [6, 6.07) is 0.133. The van der Waals surface area contributed by atoms with Gasteiger partial charge in [0.1, 0.15) is 0 Å². The highest BCUT2D eigenvalue weighted by Crippen LogP contribution is 2.19. The molecule has 2 aromatic rings. The number of hydrogen-bond donors (Lipinski definition) is 0. The largest absolute Gasteiger partial charge is 0.461 e. The topological polar surface area (TPSA) is 57.0 Å². The normalized spacial score (nSPS) is 12.4. The molecule has 0 aliphatic carbocycles. The standard InChI is InChI=1S/C12H14ClN3O2S/c1-3-18-12(17)10-7-19-11(15-10)4-8(2)16-6-9(13)5-14-16/h5-8H,3-4H2,1-2H3. The first kappa shape index (κ1) is 14.0. The van der Waals surface area contributed by atoms with Crippen LogP contribution in [0.3, 0.4) is 0 Å². The molecule has 0 saturated carbocycles. The fourth-order valence-corrected chi connectivity index (χ4v) is 2.63. The number of esters is 1. The van der Waals surface area contributed by atoms with Crippen LogP contribution in [-0.2, 0) is 11.2 Å². The van der Waals surface area contributed by atoms with Gasteiger partial charge in [0.25, 0.3) is 0 Å². The van der Waals surface area contributed by atoms with Gasteiger partial charge in [-0.1, -0.05) is 11.6 Å². The highest BCUT2D eigenvalue weighted by molar-refractivity contribution is 7.09. The predicted octanol–water partition coefficient (Wildman–Crippen LogP) is 2.97. The summed E-state index contributed by atoms with van der Waals surface area (Å²) in [6.45, 7) is 4.15. The third kappa shape index (κ3) is 3.54. The Kier molecular flexibility index (Phi) is 4.55. The van der Waals surface area contributed by atoms with Gasteiger partial charge >= 0.3 is 5.97 Å². The number of carbonyl (C=O) groups is 1. The molecule has 0 aromatic carbocycles. The van der Waals surface area contributed by atoms with Crippen molar-refractivity contribution in [2.45, 2.75) is 26.3 Å². The molecule has 0 radical (unpaired) electrons. The van der Waals surface area contributed by atoms with E-state index in [9.17, 15) is 4.79 Å². The van der Waals surface area contributed by atoms with Crippen LogP contribution in [0, 0.1) is 0 Å². The fourth-order valence-electron chi connectivity index (χ4n) is 1.61. The van der Waals surface area contributed by atoms with Crippen LogP contribution in [0.25, 0.3) is 0 Å². The van der Waals surface area contributed by atoms with Crippen LogP contribution in [-0.4, -0.2) is 27.3 Å². The lowest BCUT2D eigenvalue weighted by Crippen LogP contribution is -2.09. The summed E-state index contributed by atoms with van der Waals surface area (Å²) in [5, 5.41) is 7.36. The van der Waals surface area contributed by atoms with Crippen LogP contribution in [0.15, 0.2) is 17.8 Å². The number of carbonyl (C=O) groups excluding carboxylic acids is 1. The second-order valence-corrected chi connectivity index (χ2v) is 5.42. The molecule has 102 valence electrons. The molecular weight excluding hydrogens is 286 g/mol. The minimum absolute atomic E-state index is 0.133. The lowest BCUT2D eigenvalue weighted by molar-refractivity contribution is 0.0520. The zero-order valence-corrected chi connectivity index (χ0v) is 12.2. The predicted molar refractivity (Wildman–Crippen MR) is 73.7 cm³/mol. The second-order valence-electron chi connectivity index (χ2n) is 4.04. The van der Waals surface area contributed by atoms with Crippen LogP contribution in [0.2, 0.25) is 5.02 Å². The lowest BCUT2D eigenvalue weighted by atomic mass is 10.2. The summed E-state index contributed by atoms with van der Waals surface area (Å²) in [4.78, 5) is 15.8. The monoisotopic (exact) mass is 299 g/mol. The fraction of sp³-hybridized carbons (Fsp3) is 0.417. The van der Waals surface area contributed by atoms with E-state index in [1.54, 1.807) is 29.4 Å². The van der Waals surface area contributed by atoms with E-state index in [1.165, 1.54) is 11.3 Å². The van der Waals surface area contributed by atoms with E-state index in [0.29, 0.717) is 23.7 Å². The van der Waals surface area contributed by atoms with Crippen LogP contribution >= 0.6 is 22.9 Å². The van der Waals surface area contributed by atoms with Gasteiger partial charge in [0.15, 0.2) is 5.69 Å². The van der Waals surface area contributed by atoms with Gasteiger partial charge in [-0.3, -0.25) is 4.68 Å². The van der Waals surface area contributed by atoms with Crippen molar-refractivity contribution in [1.29, 1.82) is 0 Å². The molecule has 7 heteroatoms. The highest BCUT2D eigenvalue weighted by atomic mass is 35.5. The molecule has 2 heterocycles. The minimum Gasteiger partial charge on any atom is -0.461 e. The maximum Gasteiger partial charge on any atom is 0.357 e. The number of halogens is 1. The van der Waals surface area contributed by atoms with E-state index in [2.05, 4.69) is 10.1 Å². The van der Waals surface area contributed by atoms with Crippen LogP contribution in [0.1, 0.15) is 35.4 Å². The van der Waals surface area contributed by atoms with Crippen molar-refractivity contribution in [2.24, 2.45) is 0 Å². The molecule has 1 unspecified atom stereocenters. The summed E-state index contributed by atoms with van der Waals surface area (Å²) < 4.78 is 6.69. The van der Waals surface area contributed by atoms with Gasteiger partial charge < -0.3 is 4.74 Å². The summed E-state index contributed by atoms with van der Waals surface area (Å²) in [6.07, 6.45) is 4.07. The van der Waals surface area contributed by atoms with Crippen LogP contribution in [0.4, 0.5) is 0 Å². The van der Waals surface area contributed by atoms with Crippen molar-refractivity contribution in [2.75, 3.05) is 6.61 Å². The first-order valence-electron chi connectivity index (χ1n) is 5.91. The molecule has 0 aliphatic heterocycles. The molecule has 0 bridgehead atoms. The van der Waals surface area contributed by atoms with Crippen LogP contribution in [0.5, 0.6) is 0 Å². The van der Waals surface area contributed by atoms with E-state index in [0.717, 1.165) is 5.01 Å². The van der Waals surface area contributed by atoms with Gasteiger partial charge in [-0.05, 0) is 13.8 Å². The average molecular weight is 300 g/mol. The Morgan fingerprint density at radius 1 is 1.63 bits per heavy atom. The van der Waals surface area contributed by atoms with E-state index in [1.807, 2.05) is 6.92 Å². The molecule has 19 heavy (non-hydrogen) atoms. The Bertz CT molecular complexity index is 567. The number of hydrogen-bond acceptors (Lipinski definition) is 5. The molecule has 0 saturated heterocycles. The summed E-state index contributed by atoms with van der Waals surface area (Å²) in [5.41, 5.74) is 0.368. The van der Waals surface area contributed by atoms with Crippen molar-refractivity contribution in [3.05, 3.63) is 33.5 Å². The number of nitrogens with zero attached hydrogens (tertiary/aromatic N) is 3. The average Bonchev–Trinajstić information content (AvgIpc) is 2.98. The highest BCUT2D eigenvalue weighted by Gasteiger charge is 2.14. The zero-order valence-electron chi connectivity index (χ0n) is 10.7. The van der Waals surface area contributed by atoms with Gasteiger partial charge in [0.2, 0.25) is 0 Å². The van der Waals surface area contributed by atoms with Crippen molar-refractivity contribution in [1.82, 2.24) is 14.8 Å². The maximum atomic E-state index is 11.5. The number of aromatic nitrogens is 3. The summed E-state index contributed by atoms with van der Waals surface area (Å²) in [5.74, 6) is -0.375. The van der Waals surface area contributed by atoms with Gasteiger partial charge in [0.05, 0.1) is 28.9 Å². The van der Waals surface area contributed by atoms with Crippen molar-refractivity contribution in [3.63, 3.8) is 0 Å². The molecule has 0 N–H and O–H groups in total. The van der Waals surface area contributed by atoms with Crippen molar-refractivity contribution >= 4 is 28.9 Å². The third-order valence-electron chi connectivity index (χ3n) is 2.53. The molecule has 2 rings (SSSR count). The summed E-state index contributed by atoms with van der Waals surface area (Å²) in [7, 11) is 0. The Hall–Kier alpha value is -1.40. The molecular formula is C12H14ClN3O2S. The first-order valence-corrected chi connectivity index (χ1v) is 7.17. The zero-order chi connectivity index (χ0) is 13.8. The number of ether oxygens (including phenoxy) is 1. The van der Waals surface area contributed by atoms with Gasteiger partial charge in [-0.2, -0.15) is 5.10 Å². The third-order valence-corrected chi connectivity index (χ3v) is 3.59. The van der Waals surface area contributed by atoms with Crippen LogP contribution < -0.4 is 0 Å². The Labute approximate surface area is 120 Å². The van der Waals surface area contributed by atoms with Gasteiger partial charge in [0, 0.05) is 18.0 Å². The van der Waals surface area contributed by atoms with Gasteiger partial charge in [-0.25, -0.2) is 9.78 Å².